The molecule has 1 aliphatic rings. The Morgan fingerprint density at radius 2 is 2.15 bits per heavy atom. The molecule has 2 unspecified atom stereocenters. The molecule has 5 nitrogen and oxygen atoms in total. The van der Waals surface area contributed by atoms with Crippen molar-refractivity contribution in [1.29, 1.82) is 0 Å². The predicted octanol–water partition coefficient (Wildman–Crippen LogP) is 1.62. The number of carbonyl (C=O) groups excluding carboxylic acids is 1. The molecule has 2 atom stereocenters. The highest BCUT2D eigenvalue weighted by Crippen LogP contribution is 2.36. The highest BCUT2D eigenvalue weighted by Gasteiger charge is 2.32. The average molecular weight is 365 g/mol. The van der Waals surface area contributed by atoms with Gasteiger partial charge in [0.05, 0.1) is 9.37 Å². The normalized spacial score (nSPS) is 21.6. The Balaban J connectivity index is 2.23. The number of amides is 1. The molecule has 0 aromatic heterocycles. The van der Waals surface area contributed by atoms with Crippen LogP contribution in [-0.2, 0) is 10.0 Å². The zero-order chi connectivity index (χ0) is 15.1. The van der Waals surface area contributed by atoms with Crippen LogP contribution in [0.5, 0.6) is 0 Å². The van der Waals surface area contributed by atoms with Crippen LogP contribution in [0.4, 0.5) is 4.39 Å². The summed E-state index contributed by atoms with van der Waals surface area (Å²) in [6.07, 6.45) is 1.05. The van der Waals surface area contributed by atoms with E-state index in [4.69, 9.17) is 5.14 Å². The molecule has 1 amide bonds. The van der Waals surface area contributed by atoms with Gasteiger partial charge < -0.3 is 5.32 Å². The molecule has 1 saturated carbocycles. The van der Waals surface area contributed by atoms with Crippen molar-refractivity contribution in [1.82, 2.24) is 5.32 Å². The molecular weight excluding hydrogens is 351 g/mol. The standard InChI is InChI=1S/C12H14BrFN2O3S/c1-6-2-8(6)5-16-12(17)7-3-9(14)11(13)10(4-7)20(15,18)19/h3-4,6,8H,2,5H2,1H3,(H,16,17)(H2,15,18,19). The second kappa shape index (κ2) is 5.42. The summed E-state index contributed by atoms with van der Waals surface area (Å²) in [5, 5.41) is 7.65. The number of carbonyl (C=O) groups is 1. The molecule has 1 aromatic rings. The number of halogens is 2. The second-order valence-corrected chi connectivity index (χ2v) is 7.32. The van der Waals surface area contributed by atoms with Crippen LogP contribution in [0.2, 0.25) is 0 Å². The van der Waals surface area contributed by atoms with E-state index in [0.29, 0.717) is 18.4 Å². The molecule has 0 bridgehead atoms. The van der Waals surface area contributed by atoms with Crippen LogP contribution in [0.25, 0.3) is 0 Å². The lowest BCUT2D eigenvalue weighted by Crippen LogP contribution is -2.26. The van der Waals surface area contributed by atoms with Crippen molar-refractivity contribution in [2.45, 2.75) is 18.2 Å². The van der Waals surface area contributed by atoms with Crippen molar-refractivity contribution in [3.63, 3.8) is 0 Å². The van der Waals surface area contributed by atoms with Crippen LogP contribution >= 0.6 is 15.9 Å². The molecule has 2 rings (SSSR count). The first kappa shape index (κ1) is 15.4. The number of rotatable bonds is 4. The van der Waals surface area contributed by atoms with Gasteiger partial charge in [0.25, 0.3) is 5.91 Å². The third-order valence-electron chi connectivity index (χ3n) is 3.36. The maximum Gasteiger partial charge on any atom is 0.251 e. The highest BCUT2D eigenvalue weighted by atomic mass is 79.9. The molecule has 0 spiro atoms. The molecule has 1 aliphatic carbocycles. The van der Waals surface area contributed by atoms with Gasteiger partial charge in [-0.3, -0.25) is 4.79 Å². The molecule has 0 heterocycles. The van der Waals surface area contributed by atoms with Gasteiger partial charge >= 0.3 is 0 Å². The fourth-order valence-corrected chi connectivity index (χ4v) is 3.46. The number of nitrogens with one attached hydrogen (secondary N) is 1. The summed E-state index contributed by atoms with van der Waals surface area (Å²) in [6.45, 7) is 2.58. The summed E-state index contributed by atoms with van der Waals surface area (Å²) in [7, 11) is -4.11. The monoisotopic (exact) mass is 364 g/mol. The topological polar surface area (TPSA) is 89.3 Å². The maximum absolute atomic E-state index is 13.7. The lowest BCUT2D eigenvalue weighted by molar-refractivity contribution is 0.0950. The first-order valence-corrected chi connectivity index (χ1v) is 8.34. The van der Waals surface area contributed by atoms with E-state index in [1.54, 1.807) is 0 Å². The number of sulfonamides is 1. The second-order valence-electron chi connectivity index (χ2n) is 5.00. The van der Waals surface area contributed by atoms with Crippen LogP contribution in [0, 0.1) is 17.7 Å². The Bertz CT molecular complexity index is 663. The Morgan fingerprint density at radius 1 is 1.55 bits per heavy atom. The quantitative estimate of drug-likeness (QED) is 0.850. The van der Waals surface area contributed by atoms with E-state index >= 15 is 0 Å². The average Bonchev–Trinajstić information content (AvgIpc) is 3.04. The van der Waals surface area contributed by atoms with Crippen molar-refractivity contribution in [3.8, 4) is 0 Å². The highest BCUT2D eigenvalue weighted by molar-refractivity contribution is 9.10. The van der Waals surface area contributed by atoms with Gasteiger partial charge in [-0.25, -0.2) is 17.9 Å². The van der Waals surface area contributed by atoms with Gasteiger partial charge in [0.1, 0.15) is 5.82 Å². The van der Waals surface area contributed by atoms with Crippen LogP contribution < -0.4 is 10.5 Å². The molecular formula is C12H14BrFN2O3S. The fraction of sp³-hybridized carbons (Fsp3) is 0.417. The van der Waals surface area contributed by atoms with Crippen LogP contribution in [0.15, 0.2) is 21.5 Å². The third-order valence-corrected chi connectivity index (χ3v) is 5.37. The summed E-state index contributed by atoms with van der Waals surface area (Å²) in [4.78, 5) is 11.5. The first-order chi connectivity index (χ1) is 9.20. The zero-order valence-corrected chi connectivity index (χ0v) is 13.1. The van der Waals surface area contributed by atoms with Gasteiger partial charge in [0, 0.05) is 12.1 Å². The maximum atomic E-state index is 13.7. The number of hydrogen-bond donors (Lipinski definition) is 2. The number of primary sulfonamides is 1. The Kier molecular flexibility index (Phi) is 4.17. The van der Waals surface area contributed by atoms with Crippen molar-refractivity contribution >= 4 is 31.9 Å². The zero-order valence-electron chi connectivity index (χ0n) is 10.7. The lowest BCUT2D eigenvalue weighted by Gasteiger charge is -2.08. The van der Waals surface area contributed by atoms with E-state index in [1.807, 2.05) is 0 Å². The van der Waals surface area contributed by atoms with E-state index in [1.165, 1.54) is 0 Å². The molecule has 3 N–H and O–H groups in total. The first-order valence-electron chi connectivity index (χ1n) is 6.00. The lowest BCUT2D eigenvalue weighted by atomic mass is 10.2. The van der Waals surface area contributed by atoms with Gasteiger partial charge in [0.2, 0.25) is 10.0 Å². The Hall–Kier alpha value is -0.990. The largest absolute Gasteiger partial charge is 0.352 e. The van der Waals surface area contributed by atoms with Gasteiger partial charge in [-0.15, -0.1) is 0 Å². The molecule has 1 aromatic carbocycles. The SMILES string of the molecule is CC1CC1CNC(=O)c1cc(F)c(Br)c(S(N)(=O)=O)c1. The van der Waals surface area contributed by atoms with Gasteiger partial charge in [0.15, 0.2) is 0 Å². The molecule has 8 heteroatoms. The van der Waals surface area contributed by atoms with Crippen molar-refractivity contribution in [2.75, 3.05) is 6.54 Å². The predicted molar refractivity (Wildman–Crippen MR) is 75.1 cm³/mol. The molecule has 20 heavy (non-hydrogen) atoms. The third kappa shape index (κ3) is 3.36. The van der Waals surface area contributed by atoms with E-state index in [9.17, 15) is 17.6 Å². The summed E-state index contributed by atoms with van der Waals surface area (Å²) >= 11 is 2.81. The van der Waals surface area contributed by atoms with E-state index in [-0.39, 0.29) is 10.0 Å². The molecule has 0 saturated heterocycles. The summed E-state index contributed by atoms with van der Waals surface area (Å²) in [5.74, 6) is -0.337. The van der Waals surface area contributed by atoms with Gasteiger partial charge in [-0.1, -0.05) is 6.92 Å². The Labute approximate surface area is 124 Å². The summed E-state index contributed by atoms with van der Waals surface area (Å²) < 4.78 is 36.1. The molecule has 0 radical (unpaired) electrons. The van der Waals surface area contributed by atoms with E-state index < -0.39 is 26.6 Å². The minimum Gasteiger partial charge on any atom is -0.352 e. The minimum absolute atomic E-state index is 0.0666. The van der Waals surface area contributed by atoms with E-state index in [2.05, 4.69) is 28.2 Å². The van der Waals surface area contributed by atoms with Gasteiger partial charge in [-0.2, -0.15) is 0 Å². The summed E-state index contributed by atoms with van der Waals surface area (Å²) in [6, 6.07) is 2.04. The van der Waals surface area contributed by atoms with Crippen LogP contribution in [0.1, 0.15) is 23.7 Å². The smallest absolute Gasteiger partial charge is 0.251 e. The number of benzene rings is 1. The van der Waals surface area contributed by atoms with Crippen molar-refractivity contribution in [3.05, 3.63) is 28.0 Å². The van der Waals surface area contributed by atoms with Crippen molar-refractivity contribution < 1.29 is 17.6 Å². The van der Waals surface area contributed by atoms with E-state index in [0.717, 1.165) is 18.6 Å². The Morgan fingerprint density at radius 3 is 2.65 bits per heavy atom. The summed E-state index contributed by atoms with van der Waals surface area (Å²) in [5.41, 5.74) is -0.0666. The molecule has 1 fully saturated rings. The van der Waals surface area contributed by atoms with Crippen molar-refractivity contribution in [2.24, 2.45) is 17.0 Å². The molecule has 110 valence electrons. The van der Waals surface area contributed by atoms with Crippen LogP contribution in [0.3, 0.4) is 0 Å². The van der Waals surface area contributed by atoms with Crippen LogP contribution in [-0.4, -0.2) is 20.9 Å². The van der Waals surface area contributed by atoms with Gasteiger partial charge in [-0.05, 0) is 46.3 Å². The minimum atomic E-state index is -4.11. The number of hydrogen-bond acceptors (Lipinski definition) is 3. The number of nitrogens with two attached hydrogens (primary N) is 1. The fourth-order valence-electron chi connectivity index (χ4n) is 1.91. The molecule has 0 aliphatic heterocycles.